The van der Waals surface area contributed by atoms with Crippen molar-refractivity contribution >= 4 is 79.0 Å². The summed E-state index contributed by atoms with van der Waals surface area (Å²) in [5, 5.41) is 2.44. The third-order valence-electron chi connectivity index (χ3n) is 22.0. The Labute approximate surface area is 605 Å². The molecule has 0 saturated carbocycles. The number of anilines is 6. The van der Waals surface area contributed by atoms with Gasteiger partial charge in [-0.15, -0.1) is 0 Å². The van der Waals surface area contributed by atoms with E-state index in [1.807, 2.05) is 0 Å². The normalized spacial score (nSPS) is 12.9. The molecule has 16 rings (SSSR count). The largest absolute Gasteiger partial charge is 0.310 e. The lowest BCUT2D eigenvalue weighted by atomic mass is 9.33. The molecule has 0 bridgehead atoms. The summed E-state index contributed by atoms with van der Waals surface area (Å²) in [6.07, 6.45) is 0. The fourth-order valence-electron chi connectivity index (χ4n) is 16.5. The molecule has 0 unspecified atom stereocenters. The summed E-state index contributed by atoms with van der Waals surface area (Å²) in [7, 11) is 0. The Balaban J connectivity index is 1.14. The Kier molecular flexibility index (Phi) is 16.6. The van der Waals surface area contributed by atoms with Gasteiger partial charge in [0.25, 0.3) is 6.71 Å². The third-order valence-corrected chi connectivity index (χ3v) is 22.0. The maximum Gasteiger partial charge on any atom is 0.252 e. The molecule has 502 valence electrons. The van der Waals surface area contributed by atoms with E-state index < -0.39 is 0 Å². The van der Waals surface area contributed by atoms with Crippen LogP contribution in [-0.2, 0) is 10.8 Å². The summed E-state index contributed by atoms with van der Waals surface area (Å²) in [5.41, 5.74) is 35.9. The van der Waals surface area contributed by atoms with Crippen molar-refractivity contribution in [3.8, 4) is 72.4 Å². The van der Waals surface area contributed by atoms with E-state index in [4.69, 9.17) is 0 Å². The highest BCUT2D eigenvalue weighted by Gasteiger charge is 2.46. The van der Waals surface area contributed by atoms with Gasteiger partial charge < -0.3 is 14.4 Å². The molecule has 102 heavy (non-hydrogen) atoms. The molecule has 13 aromatic carbocycles. The van der Waals surface area contributed by atoms with Crippen molar-refractivity contribution in [3.63, 3.8) is 0 Å². The van der Waals surface area contributed by atoms with Gasteiger partial charge in [0.15, 0.2) is 0 Å². The van der Waals surface area contributed by atoms with E-state index in [2.05, 4.69) is 390 Å². The molecule has 14 aromatic rings. The van der Waals surface area contributed by atoms with Gasteiger partial charge in [-0.3, -0.25) is 0 Å². The number of fused-ring (bicyclic) bond motifs is 7. The highest BCUT2D eigenvalue weighted by atomic mass is 15.2. The molecule has 0 amide bonds. The molecule has 0 N–H and O–H groups in total. The van der Waals surface area contributed by atoms with Crippen LogP contribution in [0.2, 0.25) is 0 Å². The average molecular weight is 1320 g/mol. The zero-order valence-corrected chi connectivity index (χ0v) is 61.8. The van der Waals surface area contributed by atoms with Crippen molar-refractivity contribution in [1.29, 1.82) is 0 Å². The van der Waals surface area contributed by atoms with Crippen molar-refractivity contribution in [2.24, 2.45) is 0 Å². The van der Waals surface area contributed by atoms with E-state index in [1.165, 1.54) is 105 Å². The number of benzene rings is 13. The maximum absolute atomic E-state index is 2.75. The molecule has 2 aliphatic rings. The van der Waals surface area contributed by atoms with E-state index in [0.29, 0.717) is 11.8 Å². The van der Waals surface area contributed by atoms with Gasteiger partial charge >= 0.3 is 0 Å². The van der Waals surface area contributed by atoms with Gasteiger partial charge in [-0.05, 0) is 189 Å². The second kappa shape index (κ2) is 25.7. The number of aromatic nitrogens is 1. The Morgan fingerprint density at radius 1 is 0.284 bits per heavy atom. The van der Waals surface area contributed by atoms with Gasteiger partial charge in [0.1, 0.15) is 0 Å². The molecule has 0 saturated heterocycles. The molecule has 4 heteroatoms. The van der Waals surface area contributed by atoms with E-state index >= 15 is 0 Å². The summed E-state index contributed by atoms with van der Waals surface area (Å²) in [6, 6.07) is 108. The van der Waals surface area contributed by atoms with Crippen LogP contribution >= 0.6 is 0 Å². The van der Waals surface area contributed by atoms with Crippen LogP contribution < -0.4 is 26.2 Å². The Bertz CT molecular complexity index is 5090. The third kappa shape index (κ3) is 11.4. The van der Waals surface area contributed by atoms with E-state index in [0.717, 1.165) is 73.1 Å². The predicted octanol–water partition coefficient (Wildman–Crippen LogP) is 26.0. The Morgan fingerprint density at radius 3 is 0.941 bits per heavy atom. The molecule has 3 heterocycles. The lowest BCUT2D eigenvalue weighted by Gasteiger charge is -2.46. The average Bonchev–Trinajstić information content (AvgIpc) is 0.799. The summed E-state index contributed by atoms with van der Waals surface area (Å²) in [4.78, 5) is 5.50. The molecule has 0 spiro atoms. The first-order valence-electron chi connectivity index (χ1n) is 37.1. The molecule has 0 aliphatic carbocycles. The highest BCUT2D eigenvalue weighted by Crippen LogP contribution is 2.56. The summed E-state index contributed by atoms with van der Waals surface area (Å²) in [5.74, 6) is 1.34. The minimum absolute atomic E-state index is 0.195. The zero-order chi connectivity index (χ0) is 70.6. The zero-order valence-electron chi connectivity index (χ0n) is 61.8. The van der Waals surface area contributed by atoms with Crippen molar-refractivity contribution < 1.29 is 0 Å². The minimum atomic E-state index is -0.230. The molecular formula is C98H92BN3. The van der Waals surface area contributed by atoms with Crippen LogP contribution in [0.3, 0.4) is 0 Å². The number of nitrogens with zero attached hydrogens (tertiary/aromatic N) is 3. The first-order chi connectivity index (χ1) is 49.2. The van der Waals surface area contributed by atoms with Crippen LogP contribution in [0.4, 0.5) is 34.1 Å². The van der Waals surface area contributed by atoms with Gasteiger partial charge in [-0.25, -0.2) is 0 Å². The van der Waals surface area contributed by atoms with Crippen molar-refractivity contribution in [1.82, 2.24) is 4.57 Å². The second-order valence-corrected chi connectivity index (χ2v) is 32.0. The molecular weight excluding hydrogens is 1230 g/mol. The van der Waals surface area contributed by atoms with Crippen LogP contribution in [-0.4, -0.2) is 11.3 Å². The van der Waals surface area contributed by atoms with E-state index in [1.54, 1.807) is 0 Å². The standard InChI is InChI=1S/C98H92BN3/c1-61(2)69-43-47-76(80(51-69)63(5)6)71-45-49-86-90(53-71)101(95-82(65-31-19-15-20-32-65)55-73(97(9,10)11)56-83(95)66-33-21-16-22-34-66)92-59-75(100-88-41-29-27-39-78(88)79-40-28-30-42-89(79)100)60-93-94(92)99(86)87-50-46-72(77-48-44-70(62(3)4)52-81(77)64(7)8)54-91(87)102(93)96-84(67-35-23-17-24-36-67)57-74(98(12,13)14)58-85(96)68-37-25-18-26-38-68/h15-64H,1-14H3. The van der Waals surface area contributed by atoms with Gasteiger partial charge in [-0.2, -0.15) is 0 Å². The van der Waals surface area contributed by atoms with Crippen LogP contribution in [0.1, 0.15) is 154 Å². The molecule has 1 aromatic heterocycles. The number of hydrogen-bond donors (Lipinski definition) is 0. The van der Waals surface area contributed by atoms with Crippen LogP contribution in [0.5, 0.6) is 0 Å². The second-order valence-electron chi connectivity index (χ2n) is 32.0. The molecule has 3 nitrogen and oxygen atoms in total. The molecule has 0 fully saturated rings. The fraction of sp³-hybridized carbons (Fsp3) is 0.204. The number of rotatable bonds is 13. The fourth-order valence-corrected chi connectivity index (χ4v) is 16.5. The maximum atomic E-state index is 2.75. The number of para-hydroxylation sites is 2. The van der Waals surface area contributed by atoms with Crippen LogP contribution in [0.15, 0.2) is 279 Å². The smallest absolute Gasteiger partial charge is 0.252 e. The highest BCUT2D eigenvalue weighted by molar-refractivity contribution is 7.00. The lowest BCUT2D eigenvalue weighted by molar-refractivity contribution is 0.590. The van der Waals surface area contributed by atoms with Crippen molar-refractivity contribution in [2.45, 2.75) is 131 Å². The van der Waals surface area contributed by atoms with E-state index in [-0.39, 0.29) is 29.4 Å². The topological polar surface area (TPSA) is 11.4 Å². The van der Waals surface area contributed by atoms with Gasteiger partial charge in [0, 0.05) is 55.8 Å². The Hall–Kier alpha value is -10.7. The predicted molar refractivity (Wildman–Crippen MR) is 441 cm³/mol. The van der Waals surface area contributed by atoms with Gasteiger partial charge in [0.2, 0.25) is 0 Å². The van der Waals surface area contributed by atoms with Crippen molar-refractivity contribution in [2.75, 3.05) is 9.80 Å². The summed E-state index contributed by atoms with van der Waals surface area (Å²) in [6.45, 7) is 32.7. The van der Waals surface area contributed by atoms with Crippen LogP contribution in [0.25, 0.3) is 94.3 Å². The van der Waals surface area contributed by atoms with Crippen LogP contribution in [0, 0.1) is 0 Å². The lowest BCUT2D eigenvalue weighted by Crippen LogP contribution is -2.61. The van der Waals surface area contributed by atoms with Gasteiger partial charge in [-0.1, -0.05) is 315 Å². The minimum Gasteiger partial charge on any atom is -0.310 e. The number of hydrogen-bond acceptors (Lipinski definition) is 2. The monoisotopic (exact) mass is 1320 g/mol. The van der Waals surface area contributed by atoms with Gasteiger partial charge in [0.05, 0.1) is 28.1 Å². The summed E-state index contributed by atoms with van der Waals surface area (Å²) < 4.78 is 2.57. The molecule has 0 radical (unpaired) electrons. The molecule has 2 aliphatic heterocycles. The summed E-state index contributed by atoms with van der Waals surface area (Å²) >= 11 is 0. The molecule has 0 atom stereocenters. The first kappa shape index (κ1) is 65.9. The quantitative estimate of drug-likeness (QED) is 0.107. The Morgan fingerprint density at radius 2 is 0.618 bits per heavy atom. The van der Waals surface area contributed by atoms with E-state index in [9.17, 15) is 0 Å². The first-order valence-corrected chi connectivity index (χ1v) is 37.1. The SMILES string of the molecule is CC(C)c1ccc(-c2ccc3c(c2)N(c2c(-c4ccccc4)cc(C(C)(C)C)cc2-c2ccccc2)c2cc(-n4c5ccccc5c5ccccc54)cc4c2B3c2ccc(-c3ccc(C(C)C)cc3C(C)C)cc2N4c2c(-c3ccccc3)cc(C(C)(C)C)cc2-c2ccccc2)c(C(C)C)c1. The van der Waals surface area contributed by atoms with Crippen molar-refractivity contribution in [3.05, 3.63) is 312 Å².